The van der Waals surface area contributed by atoms with Gasteiger partial charge < -0.3 is 4.55 Å². The fourth-order valence-electron chi connectivity index (χ4n) is 8.16. The summed E-state index contributed by atoms with van der Waals surface area (Å²) in [7, 11) is -4.27. The zero-order chi connectivity index (χ0) is 28.2. The lowest BCUT2D eigenvalue weighted by Gasteiger charge is -2.57. The summed E-state index contributed by atoms with van der Waals surface area (Å²) in [5.74, 6) is 3.88. The third kappa shape index (κ3) is 5.06. The normalized spacial score (nSPS) is 24.8. The zero-order valence-corrected chi connectivity index (χ0v) is 24.1. The Kier molecular flexibility index (Phi) is 6.48. The molecule has 4 bridgehead atoms. The Hall–Kier alpha value is -3.54. The van der Waals surface area contributed by atoms with E-state index in [1.54, 1.807) is 17.7 Å². The standard InChI is InChI=1S/C29H27O.C7H8O3S/c1-2-4-22(5-3-1)27-11-9-26-25-8-7-24(15-23(25)6-10-28(26)30-27)29-16-19-12-20(17-29)14-21(13-19)18-29;1-6-2-4-7(5-3-6)11(8,9)10/h1-11,15,19-21H,12-14,16-18H2;2-5H,1H3,(H,8,9,10)/q+1;/p-1. The molecule has 208 valence electrons. The molecule has 4 aliphatic carbocycles. The lowest BCUT2D eigenvalue weighted by Crippen LogP contribution is -2.48. The molecule has 1 heterocycles. The molecule has 0 aliphatic heterocycles. The summed E-state index contributed by atoms with van der Waals surface area (Å²) in [6, 6.07) is 32.2. The molecule has 0 N–H and O–H groups in total. The van der Waals surface area contributed by atoms with Crippen LogP contribution in [-0.4, -0.2) is 13.0 Å². The Morgan fingerprint density at radius 1 is 0.732 bits per heavy atom. The van der Waals surface area contributed by atoms with Crippen LogP contribution in [0, 0.1) is 24.7 Å². The highest BCUT2D eigenvalue weighted by atomic mass is 32.2. The number of aryl methyl sites for hydroxylation is 1. The summed E-state index contributed by atoms with van der Waals surface area (Å²) in [5, 5.41) is 3.88. The van der Waals surface area contributed by atoms with Gasteiger partial charge in [0.2, 0.25) is 0 Å². The minimum absolute atomic E-state index is 0.178. The first kappa shape index (κ1) is 26.4. The van der Waals surface area contributed by atoms with Gasteiger partial charge in [0.05, 0.1) is 15.8 Å². The van der Waals surface area contributed by atoms with E-state index in [9.17, 15) is 13.0 Å². The van der Waals surface area contributed by atoms with Crippen molar-refractivity contribution in [3.8, 4) is 11.3 Å². The predicted molar refractivity (Wildman–Crippen MR) is 163 cm³/mol. The summed E-state index contributed by atoms with van der Waals surface area (Å²) in [6.45, 7) is 1.82. The van der Waals surface area contributed by atoms with E-state index in [1.165, 1.54) is 66.8 Å². The lowest BCUT2D eigenvalue weighted by molar-refractivity contribution is -0.00512. The highest BCUT2D eigenvalue weighted by Gasteiger charge is 2.51. The minimum Gasteiger partial charge on any atom is -0.744 e. The second-order valence-corrected chi connectivity index (χ2v) is 13.9. The Labute approximate surface area is 241 Å². The predicted octanol–water partition coefficient (Wildman–Crippen LogP) is 8.90. The van der Waals surface area contributed by atoms with E-state index < -0.39 is 10.1 Å². The molecule has 4 saturated carbocycles. The number of benzene rings is 4. The lowest BCUT2D eigenvalue weighted by atomic mass is 9.48. The molecule has 41 heavy (non-hydrogen) atoms. The summed E-state index contributed by atoms with van der Waals surface area (Å²) < 4.78 is 37.5. The van der Waals surface area contributed by atoms with Crippen molar-refractivity contribution in [1.82, 2.24) is 0 Å². The quantitative estimate of drug-likeness (QED) is 0.125. The average molecular weight is 563 g/mol. The molecule has 0 spiro atoms. The first-order valence-corrected chi connectivity index (χ1v) is 16.0. The molecule has 4 aromatic carbocycles. The van der Waals surface area contributed by atoms with Crippen LogP contribution in [0.1, 0.15) is 49.7 Å². The van der Waals surface area contributed by atoms with Crippen LogP contribution in [0.5, 0.6) is 0 Å². The van der Waals surface area contributed by atoms with Gasteiger partial charge >= 0.3 is 11.3 Å². The first-order valence-electron chi connectivity index (χ1n) is 14.6. The molecule has 0 amide bonds. The van der Waals surface area contributed by atoms with Gasteiger partial charge in [0, 0.05) is 12.1 Å². The minimum atomic E-state index is -4.27. The molecule has 0 atom stereocenters. The highest BCUT2D eigenvalue weighted by molar-refractivity contribution is 7.85. The average Bonchev–Trinajstić information content (AvgIpc) is 2.96. The number of rotatable bonds is 3. The zero-order valence-electron chi connectivity index (χ0n) is 23.3. The van der Waals surface area contributed by atoms with Gasteiger partial charge in [0.1, 0.15) is 10.1 Å². The molecule has 9 rings (SSSR count). The van der Waals surface area contributed by atoms with Gasteiger partial charge in [-0.2, -0.15) is 0 Å². The fourth-order valence-corrected chi connectivity index (χ4v) is 8.63. The fraction of sp³-hybridized carbons (Fsp3) is 0.306. The molecule has 4 fully saturated rings. The van der Waals surface area contributed by atoms with Crippen molar-refractivity contribution in [2.75, 3.05) is 0 Å². The van der Waals surface area contributed by atoms with E-state index in [4.69, 9.17) is 4.42 Å². The van der Waals surface area contributed by atoms with Crippen LogP contribution in [0.15, 0.2) is 106 Å². The van der Waals surface area contributed by atoms with Crippen LogP contribution in [0.4, 0.5) is 0 Å². The number of hydrogen-bond donors (Lipinski definition) is 0. The van der Waals surface area contributed by atoms with Gasteiger partial charge in [-0.15, -0.1) is 0 Å². The van der Waals surface area contributed by atoms with Crippen LogP contribution >= 0.6 is 0 Å². The maximum atomic E-state index is 10.4. The van der Waals surface area contributed by atoms with Gasteiger partial charge in [-0.25, -0.2) is 12.8 Å². The van der Waals surface area contributed by atoms with Gasteiger partial charge in [0.25, 0.3) is 0 Å². The van der Waals surface area contributed by atoms with Crippen molar-refractivity contribution in [2.24, 2.45) is 17.8 Å². The van der Waals surface area contributed by atoms with Gasteiger partial charge in [-0.05, 0) is 121 Å². The number of fused-ring (bicyclic) bond motifs is 3. The van der Waals surface area contributed by atoms with E-state index >= 15 is 0 Å². The van der Waals surface area contributed by atoms with Gasteiger partial charge in [-0.3, -0.25) is 0 Å². The summed E-state index contributed by atoms with van der Waals surface area (Å²) in [5.41, 5.74) is 5.08. The molecule has 0 saturated heterocycles. The molecule has 1 aromatic heterocycles. The van der Waals surface area contributed by atoms with Crippen molar-refractivity contribution in [1.29, 1.82) is 0 Å². The molecular formula is C36H34O4S. The van der Waals surface area contributed by atoms with Crippen LogP contribution < -0.4 is 0 Å². The third-order valence-electron chi connectivity index (χ3n) is 9.66. The highest BCUT2D eigenvalue weighted by Crippen LogP contribution is 2.60. The Morgan fingerprint density at radius 3 is 2.00 bits per heavy atom. The van der Waals surface area contributed by atoms with Gasteiger partial charge in [-0.1, -0.05) is 54.1 Å². The van der Waals surface area contributed by atoms with E-state index in [1.807, 2.05) is 13.0 Å². The molecule has 5 heteroatoms. The van der Waals surface area contributed by atoms with E-state index in [-0.39, 0.29) is 4.90 Å². The maximum absolute atomic E-state index is 10.4. The summed E-state index contributed by atoms with van der Waals surface area (Å²) in [6.07, 6.45) is 8.78. The molecule has 0 radical (unpaired) electrons. The van der Waals surface area contributed by atoms with Crippen LogP contribution in [0.25, 0.3) is 33.1 Å². The SMILES string of the molecule is Cc1ccc(S(=O)(=O)[O-])cc1.c1ccc(-c2ccc3c(ccc4cc(C56CC7CC(CC(C7)C5)C6)ccc43)[o+]2)cc1. The van der Waals surface area contributed by atoms with Crippen molar-refractivity contribution >= 4 is 31.9 Å². The van der Waals surface area contributed by atoms with E-state index in [0.717, 1.165) is 40.2 Å². The Balaban J connectivity index is 0.000000214. The maximum Gasteiger partial charge on any atom is 0.361 e. The van der Waals surface area contributed by atoms with Crippen LogP contribution in [-0.2, 0) is 15.5 Å². The summed E-state index contributed by atoms with van der Waals surface area (Å²) >= 11 is 0. The first-order chi connectivity index (χ1) is 19.8. The molecule has 4 nitrogen and oxygen atoms in total. The second kappa shape index (κ2) is 10.1. The molecule has 0 unspecified atom stereocenters. The Bertz CT molecular complexity index is 1810. The molecule has 4 aliphatic rings. The largest absolute Gasteiger partial charge is 0.744 e. The van der Waals surface area contributed by atoms with E-state index in [2.05, 4.69) is 66.7 Å². The Morgan fingerprint density at radius 2 is 1.37 bits per heavy atom. The smallest absolute Gasteiger partial charge is 0.361 e. The second-order valence-electron chi connectivity index (χ2n) is 12.5. The van der Waals surface area contributed by atoms with Crippen LogP contribution in [0.3, 0.4) is 0 Å². The van der Waals surface area contributed by atoms with Gasteiger partial charge in [0.15, 0.2) is 0 Å². The van der Waals surface area contributed by atoms with Crippen molar-refractivity contribution < 1.29 is 17.4 Å². The van der Waals surface area contributed by atoms with Crippen molar-refractivity contribution in [3.05, 3.63) is 108 Å². The monoisotopic (exact) mass is 562 g/mol. The number of hydrogen-bond acceptors (Lipinski definition) is 3. The summed E-state index contributed by atoms with van der Waals surface area (Å²) in [4.78, 5) is -0.178. The third-order valence-corrected chi connectivity index (χ3v) is 10.5. The topological polar surface area (TPSA) is 68.5 Å². The van der Waals surface area contributed by atoms with Crippen molar-refractivity contribution in [3.63, 3.8) is 0 Å². The van der Waals surface area contributed by atoms with Crippen LogP contribution in [0.2, 0.25) is 0 Å². The van der Waals surface area contributed by atoms with E-state index in [0.29, 0.717) is 5.41 Å². The molecular weight excluding hydrogens is 528 g/mol. The van der Waals surface area contributed by atoms with Crippen molar-refractivity contribution in [2.45, 2.75) is 55.8 Å². The molecule has 5 aromatic rings.